The fourth-order valence-electron chi connectivity index (χ4n) is 2.95. The molecule has 1 aliphatic rings. The average molecular weight is 440 g/mol. The smallest absolute Gasteiger partial charge is 0.232 e. The molecule has 2 heterocycles. The number of rotatable bonds is 9. The lowest BCUT2D eigenvalue weighted by molar-refractivity contribution is -0.119. The fraction of sp³-hybridized carbons (Fsp3) is 0.500. The number of hydrogen-bond donors (Lipinski definition) is 1. The maximum absolute atomic E-state index is 12.3. The molecule has 1 aliphatic heterocycles. The van der Waals surface area contributed by atoms with Crippen LogP contribution in [0.2, 0.25) is 0 Å². The zero-order chi connectivity index (χ0) is 20.9. The van der Waals surface area contributed by atoms with Crippen molar-refractivity contribution in [3.8, 4) is 0 Å². The van der Waals surface area contributed by atoms with Gasteiger partial charge in [-0.25, -0.2) is 8.42 Å². The molecule has 1 N–H and O–H groups in total. The Balaban J connectivity index is 1.60. The number of hydrogen-bond acceptors (Lipinski definition) is 7. The summed E-state index contributed by atoms with van der Waals surface area (Å²) in [4.78, 5) is 12.1. The Morgan fingerprint density at radius 1 is 1.34 bits per heavy atom. The molecule has 2 aromatic rings. The summed E-state index contributed by atoms with van der Waals surface area (Å²) in [6.45, 7) is 1.33. The number of benzene rings is 1. The molecule has 0 aliphatic carbocycles. The molecule has 1 fully saturated rings. The summed E-state index contributed by atoms with van der Waals surface area (Å²) in [5.41, 5.74) is 0.556. The van der Waals surface area contributed by atoms with Gasteiger partial charge < -0.3 is 14.6 Å². The van der Waals surface area contributed by atoms with Gasteiger partial charge in [-0.15, -0.1) is 10.2 Å². The van der Waals surface area contributed by atoms with E-state index in [0.717, 1.165) is 25.7 Å². The van der Waals surface area contributed by atoms with Crippen LogP contribution in [0.3, 0.4) is 0 Å². The Morgan fingerprint density at radius 2 is 2.10 bits per heavy atom. The number of thioether (sulfide) groups is 1. The predicted molar refractivity (Wildman–Crippen MR) is 111 cm³/mol. The lowest BCUT2D eigenvalue weighted by Gasteiger charge is -2.21. The molecular formula is C18H25N5O4S2. The van der Waals surface area contributed by atoms with E-state index in [0.29, 0.717) is 23.2 Å². The van der Waals surface area contributed by atoms with Crippen molar-refractivity contribution in [3.05, 3.63) is 36.2 Å². The largest absolute Gasteiger partial charge is 0.376 e. The SMILES string of the molecule is Cn1c(CN(c2ccccc2)S(C)(=O)=O)nnc1SCC(=O)NCC1CCCO1. The monoisotopic (exact) mass is 439 g/mol. The molecule has 0 spiro atoms. The zero-order valence-electron chi connectivity index (χ0n) is 16.4. The van der Waals surface area contributed by atoms with E-state index in [2.05, 4.69) is 15.5 Å². The van der Waals surface area contributed by atoms with Gasteiger partial charge in [0.25, 0.3) is 0 Å². The van der Waals surface area contributed by atoms with E-state index in [1.165, 1.54) is 16.1 Å². The van der Waals surface area contributed by atoms with Gasteiger partial charge in [-0.1, -0.05) is 30.0 Å². The lowest BCUT2D eigenvalue weighted by Crippen LogP contribution is -2.33. The molecule has 29 heavy (non-hydrogen) atoms. The van der Waals surface area contributed by atoms with Crippen LogP contribution in [0.15, 0.2) is 35.5 Å². The Labute approximate surface area is 174 Å². The molecule has 1 aromatic heterocycles. The van der Waals surface area contributed by atoms with Gasteiger partial charge in [0.1, 0.15) is 0 Å². The fourth-order valence-corrected chi connectivity index (χ4v) is 4.56. The van der Waals surface area contributed by atoms with E-state index in [1.807, 2.05) is 6.07 Å². The number of carbonyl (C=O) groups is 1. The minimum absolute atomic E-state index is 0.0537. The topological polar surface area (TPSA) is 106 Å². The molecule has 1 atom stereocenters. The second-order valence-electron chi connectivity index (χ2n) is 6.79. The van der Waals surface area contributed by atoms with Crippen LogP contribution in [0.25, 0.3) is 0 Å². The quantitative estimate of drug-likeness (QED) is 0.585. The molecule has 0 saturated carbocycles. The molecule has 3 rings (SSSR count). The molecule has 0 radical (unpaired) electrons. The summed E-state index contributed by atoms with van der Waals surface area (Å²) >= 11 is 1.26. The molecule has 1 unspecified atom stereocenters. The number of anilines is 1. The van der Waals surface area contributed by atoms with Gasteiger partial charge in [-0.2, -0.15) is 0 Å². The van der Waals surface area contributed by atoms with Gasteiger partial charge in [-0.3, -0.25) is 9.10 Å². The number of carbonyl (C=O) groups excluding carboxylic acids is 1. The highest BCUT2D eigenvalue weighted by Crippen LogP contribution is 2.21. The van der Waals surface area contributed by atoms with Crippen LogP contribution < -0.4 is 9.62 Å². The number of ether oxygens (including phenoxy) is 1. The van der Waals surface area contributed by atoms with E-state index < -0.39 is 10.0 Å². The van der Waals surface area contributed by atoms with Crippen molar-refractivity contribution in [1.29, 1.82) is 0 Å². The second-order valence-corrected chi connectivity index (χ2v) is 9.64. The van der Waals surface area contributed by atoms with Crippen LogP contribution >= 0.6 is 11.8 Å². The van der Waals surface area contributed by atoms with E-state index in [9.17, 15) is 13.2 Å². The van der Waals surface area contributed by atoms with Crippen LogP contribution in [0.5, 0.6) is 0 Å². The van der Waals surface area contributed by atoms with Crippen LogP contribution in [-0.2, 0) is 33.1 Å². The van der Waals surface area contributed by atoms with Crippen LogP contribution in [0.1, 0.15) is 18.7 Å². The molecule has 158 valence electrons. The molecule has 1 amide bonds. The van der Waals surface area contributed by atoms with Gasteiger partial charge >= 0.3 is 0 Å². The molecule has 9 nitrogen and oxygen atoms in total. The molecule has 11 heteroatoms. The van der Waals surface area contributed by atoms with Crippen LogP contribution in [-0.4, -0.2) is 60.4 Å². The summed E-state index contributed by atoms with van der Waals surface area (Å²) in [5, 5.41) is 11.6. The number of nitrogens with zero attached hydrogens (tertiary/aromatic N) is 4. The van der Waals surface area contributed by atoms with E-state index in [-0.39, 0.29) is 24.3 Å². The number of nitrogens with one attached hydrogen (secondary N) is 1. The van der Waals surface area contributed by atoms with Crippen LogP contribution in [0, 0.1) is 0 Å². The highest BCUT2D eigenvalue weighted by Gasteiger charge is 2.22. The summed E-state index contributed by atoms with van der Waals surface area (Å²) in [6, 6.07) is 8.84. The first kappa shape index (κ1) is 21.6. The molecule has 1 saturated heterocycles. The van der Waals surface area contributed by atoms with Crippen molar-refractivity contribution in [1.82, 2.24) is 20.1 Å². The van der Waals surface area contributed by atoms with E-state index >= 15 is 0 Å². The highest BCUT2D eigenvalue weighted by atomic mass is 32.2. The first-order chi connectivity index (χ1) is 13.8. The maximum atomic E-state index is 12.3. The normalized spacial score (nSPS) is 16.7. The number of amides is 1. The third-order valence-corrected chi connectivity index (χ3v) is 6.70. The summed E-state index contributed by atoms with van der Waals surface area (Å²) in [7, 11) is -1.74. The Morgan fingerprint density at radius 3 is 2.76 bits per heavy atom. The average Bonchev–Trinajstić information content (AvgIpc) is 3.33. The minimum Gasteiger partial charge on any atom is -0.376 e. The van der Waals surface area contributed by atoms with Gasteiger partial charge in [0.05, 0.1) is 30.3 Å². The number of sulfonamides is 1. The minimum atomic E-state index is -3.50. The first-order valence-electron chi connectivity index (χ1n) is 9.26. The third-order valence-electron chi connectivity index (χ3n) is 4.54. The summed E-state index contributed by atoms with van der Waals surface area (Å²) in [6.07, 6.45) is 3.26. The van der Waals surface area contributed by atoms with Gasteiger partial charge in [0.2, 0.25) is 15.9 Å². The Kier molecular flexibility index (Phi) is 7.14. The summed E-state index contributed by atoms with van der Waals surface area (Å²) in [5.74, 6) is 0.589. The highest BCUT2D eigenvalue weighted by molar-refractivity contribution is 7.99. The Hall–Kier alpha value is -2.11. The van der Waals surface area contributed by atoms with Gasteiger partial charge in [-0.05, 0) is 25.0 Å². The van der Waals surface area contributed by atoms with Crippen molar-refractivity contribution >= 4 is 33.4 Å². The van der Waals surface area contributed by atoms with E-state index in [4.69, 9.17) is 4.74 Å². The van der Waals surface area contributed by atoms with Gasteiger partial charge in [0.15, 0.2) is 11.0 Å². The van der Waals surface area contributed by atoms with Crippen LogP contribution in [0.4, 0.5) is 5.69 Å². The van der Waals surface area contributed by atoms with Crippen molar-refractivity contribution < 1.29 is 17.9 Å². The molecule has 1 aromatic carbocycles. The number of aromatic nitrogens is 3. The van der Waals surface area contributed by atoms with E-state index in [1.54, 1.807) is 35.9 Å². The van der Waals surface area contributed by atoms with Gasteiger partial charge in [0, 0.05) is 20.2 Å². The van der Waals surface area contributed by atoms with Crippen molar-refractivity contribution in [3.63, 3.8) is 0 Å². The lowest BCUT2D eigenvalue weighted by atomic mass is 10.2. The summed E-state index contributed by atoms with van der Waals surface area (Å²) < 4.78 is 33.0. The molecular weight excluding hydrogens is 414 g/mol. The second kappa shape index (κ2) is 9.59. The third kappa shape index (κ3) is 5.94. The van der Waals surface area contributed by atoms with Crippen molar-refractivity contribution in [2.75, 3.05) is 29.5 Å². The predicted octanol–water partition coefficient (Wildman–Crippen LogP) is 1.17. The molecule has 0 bridgehead atoms. The van der Waals surface area contributed by atoms with Crippen molar-refractivity contribution in [2.45, 2.75) is 30.6 Å². The Bertz CT molecular complexity index is 927. The zero-order valence-corrected chi connectivity index (χ0v) is 18.1. The standard InChI is InChI=1S/C18H25N5O4S2/c1-22-16(12-23(29(2,25)26)14-7-4-3-5-8-14)20-21-18(22)28-13-17(24)19-11-15-9-6-10-27-15/h3-5,7-8,15H,6,9-13H2,1-2H3,(H,19,24). The maximum Gasteiger partial charge on any atom is 0.232 e. The van der Waals surface area contributed by atoms with Crippen molar-refractivity contribution in [2.24, 2.45) is 7.05 Å². The first-order valence-corrected chi connectivity index (χ1v) is 12.1. The number of para-hydroxylation sites is 1.